The number of rotatable bonds is 4. The van der Waals surface area contributed by atoms with Crippen molar-refractivity contribution < 1.29 is 18.7 Å². The fourth-order valence-electron chi connectivity index (χ4n) is 1.51. The Kier molecular flexibility index (Phi) is 4.44. The van der Waals surface area contributed by atoms with Gasteiger partial charge in [0.15, 0.2) is 0 Å². The third-order valence-electron chi connectivity index (χ3n) is 2.47. The molecule has 2 aromatic carbocycles. The highest BCUT2D eigenvalue weighted by atomic mass is 19.1. The Hall–Kier alpha value is -2.69. The molecule has 102 valence electrons. The first-order valence-electron chi connectivity index (χ1n) is 5.94. The van der Waals surface area contributed by atoms with Gasteiger partial charge in [-0.25, -0.2) is 9.18 Å². The number of carbonyl (C=O) groups is 2. The Bertz CT molecular complexity index is 596. The molecule has 2 aromatic rings. The largest absolute Gasteiger partial charge is 0.425 e. The summed E-state index contributed by atoms with van der Waals surface area (Å²) in [7, 11) is 0. The lowest BCUT2D eigenvalue weighted by Gasteiger charge is -2.06. The topological polar surface area (TPSA) is 55.4 Å². The van der Waals surface area contributed by atoms with Crippen molar-refractivity contribution in [3.8, 4) is 5.75 Å². The average molecular weight is 273 g/mol. The molecule has 0 aliphatic carbocycles. The van der Waals surface area contributed by atoms with Crippen LogP contribution in [0.5, 0.6) is 5.75 Å². The van der Waals surface area contributed by atoms with E-state index < -0.39 is 11.8 Å². The van der Waals surface area contributed by atoms with E-state index in [0.717, 1.165) is 0 Å². The minimum Gasteiger partial charge on any atom is -0.425 e. The van der Waals surface area contributed by atoms with Crippen LogP contribution in [0, 0.1) is 5.82 Å². The van der Waals surface area contributed by atoms with Crippen molar-refractivity contribution in [3.63, 3.8) is 0 Å². The number of hydrogen-bond donors (Lipinski definition) is 1. The van der Waals surface area contributed by atoms with Crippen LogP contribution in [0.1, 0.15) is 10.4 Å². The lowest BCUT2D eigenvalue weighted by Crippen LogP contribution is -2.31. The summed E-state index contributed by atoms with van der Waals surface area (Å²) in [6.07, 6.45) is 0. The van der Waals surface area contributed by atoms with Gasteiger partial charge in [0, 0.05) is 5.56 Å². The highest BCUT2D eigenvalue weighted by molar-refractivity contribution is 5.95. The molecule has 0 spiro atoms. The number of ether oxygens (including phenoxy) is 1. The Morgan fingerprint density at radius 3 is 2.30 bits per heavy atom. The summed E-state index contributed by atoms with van der Waals surface area (Å²) in [4.78, 5) is 23.2. The van der Waals surface area contributed by atoms with Crippen molar-refractivity contribution in [3.05, 3.63) is 66.0 Å². The predicted molar refractivity (Wildman–Crippen MR) is 70.8 cm³/mol. The molecule has 0 aliphatic heterocycles. The first-order valence-corrected chi connectivity index (χ1v) is 5.94. The van der Waals surface area contributed by atoms with E-state index in [-0.39, 0.29) is 18.2 Å². The molecule has 0 unspecified atom stereocenters. The molecule has 0 saturated heterocycles. The number of carbonyl (C=O) groups excluding carboxylic acids is 2. The van der Waals surface area contributed by atoms with Crippen LogP contribution >= 0.6 is 0 Å². The van der Waals surface area contributed by atoms with Gasteiger partial charge < -0.3 is 10.1 Å². The summed E-state index contributed by atoms with van der Waals surface area (Å²) < 4.78 is 17.6. The van der Waals surface area contributed by atoms with Crippen LogP contribution in [0.3, 0.4) is 0 Å². The Morgan fingerprint density at radius 2 is 1.65 bits per heavy atom. The molecule has 2 rings (SSSR count). The van der Waals surface area contributed by atoms with Crippen LogP contribution < -0.4 is 10.1 Å². The molecule has 1 N–H and O–H groups in total. The molecule has 0 radical (unpaired) electrons. The normalized spacial score (nSPS) is 9.85. The van der Waals surface area contributed by atoms with E-state index in [1.54, 1.807) is 30.3 Å². The molecular formula is C15H12FNO3. The molecule has 0 atom stereocenters. The lowest BCUT2D eigenvalue weighted by atomic mass is 10.2. The second kappa shape index (κ2) is 6.47. The molecule has 0 heterocycles. The maximum atomic E-state index is 12.7. The molecule has 20 heavy (non-hydrogen) atoms. The van der Waals surface area contributed by atoms with Crippen molar-refractivity contribution in [1.82, 2.24) is 5.32 Å². The zero-order chi connectivity index (χ0) is 14.4. The fourth-order valence-corrected chi connectivity index (χ4v) is 1.51. The first kappa shape index (κ1) is 13.7. The Labute approximate surface area is 115 Å². The highest BCUT2D eigenvalue weighted by Crippen LogP contribution is 2.10. The van der Waals surface area contributed by atoms with Crippen molar-refractivity contribution in [1.29, 1.82) is 0 Å². The van der Waals surface area contributed by atoms with Crippen LogP contribution in [-0.4, -0.2) is 18.4 Å². The van der Waals surface area contributed by atoms with Gasteiger partial charge in [-0.3, -0.25) is 4.79 Å². The lowest BCUT2D eigenvalue weighted by molar-refractivity contribution is -0.133. The first-order chi connectivity index (χ1) is 9.65. The van der Waals surface area contributed by atoms with Crippen molar-refractivity contribution in [2.45, 2.75) is 0 Å². The number of nitrogens with one attached hydrogen (secondary N) is 1. The number of amides is 1. The van der Waals surface area contributed by atoms with Crippen molar-refractivity contribution >= 4 is 11.9 Å². The third-order valence-corrected chi connectivity index (χ3v) is 2.47. The van der Waals surface area contributed by atoms with Gasteiger partial charge in [0.2, 0.25) is 0 Å². The molecule has 1 amide bonds. The number of esters is 1. The SMILES string of the molecule is O=C(CNC(=O)c1ccccc1)Oc1ccc(F)cc1. The summed E-state index contributed by atoms with van der Waals surface area (Å²) in [5.41, 5.74) is 0.460. The second-order valence-electron chi connectivity index (χ2n) is 3.98. The highest BCUT2D eigenvalue weighted by Gasteiger charge is 2.09. The van der Waals surface area contributed by atoms with Crippen LogP contribution in [0.4, 0.5) is 4.39 Å². The molecule has 0 saturated carbocycles. The smallest absolute Gasteiger partial charge is 0.330 e. The summed E-state index contributed by atoms with van der Waals surface area (Å²) in [6, 6.07) is 13.6. The summed E-state index contributed by atoms with van der Waals surface area (Å²) in [6.45, 7) is -0.259. The zero-order valence-electron chi connectivity index (χ0n) is 10.5. The molecule has 4 nitrogen and oxygen atoms in total. The number of halogens is 1. The average Bonchev–Trinajstić information content (AvgIpc) is 2.48. The van der Waals surface area contributed by atoms with Gasteiger partial charge >= 0.3 is 5.97 Å². The van der Waals surface area contributed by atoms with E-state index >= 15 is 0 Å². The maximum absolute atomic E-state index is 12.7. The van der Waals surface area contributed by atoms with Crippen LogP contribution in [0.2, 0.25) is 0 Å². The van der Waals surface area contributed by atoms with E-state index in [1.807, 2.05) is 0 Å². The summed E-state index contributed by atoms with van der Waals surface area (Å²) in [5, 5.41) is 2.44. The van der Waals surface area contributed by atoms with Gasteiger partial charge in [-0.2, -0.15) is 0 Å². The fraction of sp³-hybridized carbons (Fsp3) is 0.0667. The van der Waals surface area contributed by atoms with Gasteiger partial charge in [0.05, 0.1) is 0 Å². The molecule has 5 heteroatoms. The van der Waals surface area contributed by atoms with Crippen LogP contribution in [0.15, 0.2) is 54.6 Å². The van der Waals surface area contributed by atoms with Crippen LogP contribution in [-0.2, 0) is 4.79 Å². The van der Waals surface area contributed by atoms with E-state index in [2.05, 4.69) is 5.32 Å². The Morgan fingerprint density at radius 1 is 1.00 bits per heavy atom. The van der Waals surface area contributed by atoms with Crippen LogP contribution in [0.25, 0.3) is 0 Å². The van der Waals surface area contributed by atoms with E-state index in [9.17, 15) is 14.0 Å². The van der Waals surface area contributed by atoms with Gasteiger partial charge in [-0.05, 0) is 36.4 Å². The molecule has 0 aliphatic rings. The van der Waals surface area contributed by atoms with Gasteiger partial charge in [-0.1, -0.05) is 18.2 Å². The van der Waals surface area contributed by atoms with E-state index in [0.29, 0.717) is 5.56 Å². The molecule has 0 fully saturated rings. The Balaban J connectivity index is 1.83. The minimum absolute atomic E-state index is 0.227. The number of hydrogen-bond acceptors (Lipinski definition) is 3. The number of benzene rings is 2. The van der Waals surface area contributed by atoms with E-state index in [4.69, 9.17) is 4.74 Å². The molecular weight excluding hydrogens is 261 g/mol. The third kappa shape index (κ3) is 3.91. The van der Waals surface area contributed by atoms with Gasteiger partial charge in [0.1, 0.15) is 18.1 Å². The monoisotopic (exact) mass is 273 g/mol. The minimum atomic E-state index is -0.624. The van der Waals surface area contributed by atoms with Gasteiger partial charge in [0.25, 0.3) is 5.91 Å². The second-order valence-corrected chi connectivity index (χ2v) is 3.98. The zero-order valence-corrected chi connectivity index (χ0v) is 10.5. The molecule has 0 bridgehead atoms. The van der Waals surface area contributed by atoms with Gasteiger partial charge in [-0.15, -0.1) is 0 Å². The van der Waals surface area contributed by atoms with Crippen molar-refractivity contribution in [2.75, 3.05) is 6.54 Å². The summed E-state index contributed by atoms with van der Waals surface area (Å²) in [5.74, 6) is -1.17. The van der Waals surface area contributed by atoms with Crippen molar-refractivity contribution in [2.24, 2.45) is 0 Å². The summed E-state index contributed by atoms with van der Waals surface area (Å²) >= 11 is 0. The maximum Gasteiger partial charge on any atom is 0.330 e. The predicted octanol–water partition coefficient (Wildman–Crippen LogP) is 2.16. The quantitative estimate of drug-likeness (QED) is 0.686. The van der Waals surface area contributed by atoms with E-state index in [1.165, 1.54) is 24.3 Å². The molecule has 0 aromatic heterocycles. The standard InChI is InChI=1S/C15H12FNO3/c16-12-6-8-13(9-7-12)20-14(18)10-17-15(19)11-4-2-1-3-5-11/h1-9H,10H2,(H,17,19).